The zero-order valence-electron chi connectivity index (χ0n) is 19.8. The van der Waals surface area contributed by atoms with E-state index in [2.05, 4.69) is 33.9 Å². The molecule has 0 amide bonds. The van der Waals surface area contributed by atoms with Gasteiger partial charge in [-0.15, -0.1) is 23.1 Å². The first-order chi connectivity index (χ1) is 17.1. The Morgan fingerprint density at radius 3 is 2.14 bits per heavy atom. The molecule has 1 unspecified atom stereocenters. The smallest absolute Gasteiger partial charge is 0.475 e. The van der Waals surface area contributed by atoms with Gasteiger partial charge in [0.25, 0.3) is 0 Å². The van der Waals surface area contributed by atoms with E-state index in [0.29, 0.717) is 10.9 Å². The summed E-state index contributed by atoms with van der Waals surface area (Å²) in [7, 11) is 0. The van der Waals surface area contributed by atoms with Crippen LogP contribution in [0.15, 0.2) is 5.38 Å². The lowest BCUT2D eigenvalue weighted by Gasteiger charge is -2.47. The normalized spacial score (nSPS) is 21.9. The summed E-state index contributed by atoms with van der Waals surface area (Å²) in [6.45, 7) is 8.28. The molecule has 3 saturated heterocycles. The lowest BCUT2D eigenvalue weighted by molar-refractivity contribution is -0.193. The molecule has 8 nitrogen and oxygen atoms in total. The van der Waals surface area contributed by atoms with Gasteiger partial charge in [-0.05, 0) is 32.1 Å². The van der Waals surface area contributed by atoms with Crippen molar-refractivity contribution in [2.45, 2.75) is 55.9 Å². The maximum atomic E-state index is 10.6. The number of alkyl halides is 6. The third kappa shape index (κ3) is 10.9. The average molecular weight is 583 g/mol. The first kappa shape index (κ1) is 31.6. The summed E-state index contributed by atoms with van der Waals surface area (Å²) in [5.41, 5.74) is 1.15. The molecule has 3 aliphatic heterocycles. The number of rotatable bonds is 5. The molecule has 3 fully saturated rings. The van der Waals surface area contributed by atoms with E-state index in [9.17, 15) is 26.3 Å². The molecule has 0 saturated carbocycles. The predicted molar refractivity (Wildman–Crippen MR) is 123 cm³/mol. The Bertz CT molecular complexity index is 862. The highest BCUT2D eigenvalue weighted by Gasteiger charge is 2.49. The topological polar surface area (TPSA) is 109 Å². The van der Waals surface area contributed by atoms with Gasteiger partial charge in [0.05, 0.1) is 12.6 Å². The fraction of sp³-hybridized carbons (Fsp3) is 0.762. The Kier molecular flexibility index (Phi) is 11.5. The first-order valence-corrected chi connectivity index (χ1v) is 13.0. The largest absolute Gasteiger partial charge is 0.490 e. The lowest BCUT2D eigenvalue weighted by atomic mass is 9.93. The quantitative estimate of drug-likeness (QED) is 0.494. The van der Waals surface area contributed by atoms with E-state index in [0.717, 1.165) is 38.0 Å². The third-order valence-corrected chi connectivity index (χ3v) is 8.14. The van der Waals surface area contributed by atoms with E-state index in [4.69, 9.17) is 29.3 Å². The Labute approximate surface area is 217 Å². The van der Waals surface area contributed by atoms with Crippen molar-refractivity contribution in [1.82, 2.24) is 9.88 Å². The van der Waals surface area contributed by atoms with Crippen molar-refractivity contribution in [2.24, 2.45) is 5.92 Å². The molecule has 212 valence electrons. The third-order valence-electron chi connectivity index (χ3n) is 5.62. The van der Waals surface area contributed by atoms with Crippen LogP contribution in [0.1, 0.15) is 30.0 Å². The Morgan fingerprint density at radius 2 is 1.68 bits per heavy atom. The van der Waals surface area contributed by atoms with Crippen LogP contribution in [0.2, 0.25) is 0 Å². The van der Waals surface area contributed by atoms with Crippen LogP contribution in [0.25, 0.3) is 0 Å². The minimum Gasteiger partial charge on any atom is -0.475 e. The molecule has 0 aliphatic carbocycles. The number of thioether (sulfide) groups is 1. The number of hydrogen-bond donors (Lipinski definition) is 2. The van der Waals surface area contributed by atoms with Gasteiger partial charge in [0.2, 0.25) is 0 Å². The number of ether oxygens (including phenoxy) is 2. The van der Waals surface area contributed by atoms with Gasteiger partial charge in [0, 0.05) is 54.5 Å². The molecule has 4 heterocycles. The molecule has 1 aromatic rings. The highest BCUT2D eigenvalue weighted by atomic mass is 32.2. The molecule has 1 atom stereocenters. The highest BCUT2D eigenvalue weighted by molar-refractivity contribution is 8.01. The molecule has 4 rings (SSSR count). The van der Waals surface area contributed by atoms with Crippen LogP contribution in [-0.2, 0) is 25.6 Å². The zero-order chi connectivity index (χ0) is 27.9. The van der Waals surface area contributed by atoms with Gasteiger partial charge in [0.15, 0.2) is 0 Å². The number of aryl methyl sites for hydroxylation is 1. The summed E-state index contributed by atoms with van der Waals surface area (Å²) in [5.74, 6) is -3.62. The SMILES string of the molecule is Cc1csc(CN2CC3(CC(OCC4CCOCC4)CS3)C2)n1.O=C(O)C(F)(F)F.O=C(O)C(F)(F)F. The van der Waals surface area contributed by atoms with Gasteiger partial charge in [-0.3, -0.25) is 4.90 Å². The molecular weight excluding hydrogens is 554 g/mol. The maximum Gasteiger partial charge on any atom is 0.490 e. The minimum absolute atomic E-state index is 0.465. The summed E-state index contributed by atoms with van der Waals surface area (Å²) in [6, 6.07) is 0. The molecular formula is C21H28F6N2O6S2. The van der Waals surface area contributed by atoms with Gasteiger partial charge in [-0.1, -0.05) is 0 Å². The van der Waals surface area contributed by atoms with Crippen LogP contribution in [0.3, 0.4) is 0 Å². The molecule has 0 radical (unpaired) electrons. The number of halogens is 6. The minimum atomic E-state index is -5.08. The van der Waals surface area contributed by atoms with Crippen molar-refractivity contribution in [2.75, 3.05) is 38.7 Å². The van der Waals surface area contributed by atoms with E-state index in [1.54, 1.807) is 11.3 Å². The van der Waals surface area contributed by atoms with Crippen LogP contribution in [0.4, 0.5) is 26.3 Å². The highest BCUT2D eigenvalue weighted by Crippen LogP contribution is 2.46. The van der Waals surface area contributed by atoms with Gasteiger partial charge in [0.1, 0.15) is 5.01 Å². The molecule has 16 heteroatoms. The van der Waals surface area contributed by atoms with E-state index in [-0.39, 0.29) is 0 Å². The summed E-state index contributed by atoms with van der Waals surface area (Å²) >= 11 is 3.93. The average Bonchev–Trinajstić information content (AvgIpc) is 3.39. The number of thiazole rings is 1. The second kappa shape index (κ2) is 13.4. The molecule has 2 N–H and O–H groups in total. The van der Waals surface area contributed by atoms with Gasteiger partial charge in [-0.25, -0.2) is 14.6 Å². The maximum absolute atomic E-state index is 10.6. The molecule has 37 heavy (non-hydrogen) atoms. The number of aromatic nitrogens is 1. The number of carboxylic acids is 2. The number of aliphatic carboxylic acids is 2. The number of carboxylic acid groups (broad SMARTS) is 2. The number of likely N-dealkylation sites (tertiary alicyclic amines) is 1. The van der Waals surface area contributed by atoms with Crippen molar-refractivity contribution >= 4 is 35.0 Å². The van der Waals surface area contributed by atoms with Crippen LogP contribution >= 0.6 is 23.1 Å². The predicted octanol–water partition coefficient (Wildman–Crippen LogP) is 4.22. The Balaban J connectivity index is 0.000000286. The summed E-state index contributed by atoms with van der Waals surface area (Å²) in [4.78, 5) is 24.9. The molecule has 1 aromatic heterocycles. The van der Waals surface area contributed by atoms with Crippen molar-refractivity contribution in [3.05, 3.63) is 16.1 Å². The Hall–Kier alpha value is -1.62. The summed E-state index contributed by atoms with van der Waals surface area (Å²) < 4.78 is 75.6. The van der Waals surface area contributed by atoms with E-state index >= 15 is 0 Å². The molecule has 3 aliphatic rings. The number of nitrogens with zero attached hydrogens (tertiary/aromatic N) is 2. The van der Waals surface area contributed by atoms with Crippen LogP contribution in [0.5, 0.6) is 0 Å². The second-order valence-corrected chi connectivity index (χ2v) is 11.3. The van der Waals surface area contributed by atoms with Crippen molar-refractivity contribution < 1.29 is 55.6 Å². The van der Waals surface area contributed by atoms with Crippen LogP contribution < -0.4 is 0 Å². The van der Waals surface area contributed by atoms with E-state index in [1.807, 2.05) is 0 Å². The van der Waals surface area contributed by atoms with Crippen LogP contribution in [0, 0.1) is 12.8 Å². The second-order valence-electron chi connectivity index (χ2n) is 8.84. The van der Waals surface area contributed by atoms with Gasteiger partial charge in [-0.2, -0.15) is 26.3 Å². The zero-order valence-corrected chi connectivity index (χ0v) is 21.4. The monoisotopic (exact) mass is 582 g/mol. The standard InChI is InChI=1S/C17H26N2O2S2.2C2HF3O2/c1-13-9-22-16(18-13)7-19-11-17(12-19)6-15(10-23-17)21-8-14-2-4-20-5-3-14;2*3-2(4,5)1(6)7/h9,14-15H,2-8,10-12H2,1H3;2*(H,6,7). The summed E-state index contributed by atoms with van der Waals surface area (Å²) in [6.07, 6.45) is -6.13. The molecule has 0 aromatic carbocycles. The fourth-order valence-corrected chi connectivity index (χ4v) is 6.28. The number of carbonyl (C=O) groups is 2. The van der Waals surface area contributed by atoms with Crippen molar-refractivity contribution in [3.63, 3.8) is 0 Å². The van der Waals surface area contributed by atoms with E-state index in [1.165, 1.54) is 43.1 Å². The van der Waals surface area contributed by atoms with Crippen molar-refractivity contribution in [1.29, 1.82) is 0 Å². The van der Waals surface area contributed by atoms with Gasteiger partial charge >= 0.3 is 24.3 Å². The van der Waals surface area contributed by atoms with Crippen LogP contribution in [-0.4, -0.2) is 93.9 Å². The molecule has 0 bridgehead atoms. The lowest BCUT2D eigenvalue weighted by Crippen LogP contribution is -2.58. The molecule has 1 spiro atoms. The fourth-order valence-electron chi connectivity index (χ4n) is 3.86. The van der Waals surface area contributed by atoms with Gasteiger partial charge < -0.3 is 19.7 Å². The number of hydrogen-bond acceptors (Lipinski definition) is 8. The van der Waals surface area contributed by atoms with Crippen molar-refractivity contribution in [3.8, 4) is 0 Å². The Morgan fingerprint density at radius 1 is 1.14 bits per heavy atom. The summed E-state index contributed by atoms with van der Waals surface area (Å²) in [5, 5.41) is 17.7. The first-order valence-electron chi connectivity index (χ1n) is 11.2. The van der Waals surface area contributed by atoms with E-state index < -0.39 is 24.3 Å².